The average Bonchev–Trinajstić information content (AvgIpc) is 2.26. The normalized spacial score (nSPS) is 26.6. The van der Waals surface area contributed by atoms with E-state index in [4.69, 9.17) is 4.74 Å². The van der Waals surface area contributed by atoms with Gasteiger partial charge in [-0.1, -0.05) is 42.5 Å². The molecule has 1 aromatic carbocycles. The maximum absolute atomic E-state index is 9.71. The lowest BCUT2D eigenvalue weighted by molar-refractivity contribution is -0.128. The summed E-state index contributed by atoms with van der Waals surface area (Å²) in [6, 6.07) is 10.2. The minimum atomic E-state index is -0.342. The Morgan fingerprint density at radius 1 is 1.44 bits per heavy atom. The molecular weight excluding hydrogens is 200 g/mol. The number of rotatable bonds is 4. The van der Waals surface area contributed by atoms with Gasteiger partial charge in [0.05, 0.1) is 18.8 Å². The molecule has 2 heteroatoms. The first-order valence-electron chi connectivity index (χ1n) is 5.78. The molecule has 2 rings (SSSR count). The molecule has 2 nitrogen and oxygen atoms in total. The van der Waals surface area contributed by atoms with Crippen LogP contribution >= 0.6 is 0 Å². The zero-order chi connectivity index (χ0) is 11.4. The SMILES string of the molecule is CC=CC(O)CC1COC1c1ccccc1. The lowest BCUT2D eigenvalue weighted by atomic mass is 9.87. The summed E-state index contributed by atoms with van der Waals surface area (Å²) in [6.07, 6.45) is 4.33. The molecular formula is C14H18O2. The first-order chi connectivity index (χ1) is 7.81. The van der Waals surface area contributed by atoms with Crippen LogP contribution in [0.1, 0.15) is 25.0 Å². The van der Waals surface area contributed by atoms with E-state index >= 15 is 0 Å². The predicted octanol–water partition coefficient (Wildman–Crippen LogP) is 2.70. The minimum absolute atomic E-state index is 0.168. The molecule has 1 aliphatic rings. The van der Waals surface area contributed by atoms with Gasteiger partial charge in [-0.15, -0.1) is 0 Å². The lowest BCUT2D eigenvalue weighted by Gasteiger charge is -2.38. The summed E-state index contributed by atoms with van der Waals surface area (Å²) in [6.45, 7) is 2.68. The van der Waals surface area contributed by atoms with Gasteiger partial charge >= 0.3 is 0 Å². The van der Waals surface area contributed by atoms with E-state index in [0.29, 0.717) is 5.92 Å². The number of aliphatic hydroxyl groups excluding tert-OH is 1. The minimum Gasteiger partial charge on any atom is -0.389 e. The number of hydrogen-bond acceptors (Lipinski definition) is 2. The lowest BCUT2D eigenvalue weighted by Crippen LogP contribution is -2.34. The summed E-state index contributed by atoms with van der Waals surface area (Å²) in [4.78, 5) is 0. The molecule has 1 aliphatic heterocycles. The monoisotopic (exact) mass is 218 g/mol. The van der Waals surface area contributed by atoms with Crippen molar-refractivity contribution < 1.29 is 9.84 Å². The molecule has 3 atom stereocenters. The summed E-state index contributed by atoms with van der Waals surface area (Å²) in [5.41, 5.74) is 1.21. The molecule has 0 aliphatic carbocycles. The van der Waals surface area contributed by atoms with Crippen molar-refractivity contribution in [3.63, 3.8) is 0 Å². The standard InChI is InChI=1S/C14H18O2/c1-2-6-13(15)9-12-10-16-14(12)11-7-4-3-5-8-11/h2-8,12-15H,9-10H2,1H3. The molecule has 0 aromatic heterocycles. The third-order valence-corrected chi connectivity index (χ3v) is 3.00. The molecule has 0 spiro atoms. The van der Waals surface area contributed by atoms with Gasteiger partial charge in [-0.25, -0.2) is 0 Å². The van der Waals surface area contributed by atoms with Crippen LogP contribution in [0.15, 0.2) is 42.5 Å². The summed E-state index contributed by atoms with van der Waals surface area (Å²) in [7, 11) is 0. The van der Waals surface area contributed by atoms with Gasteiger partial charge in [0.2, 0.25) is 0 Å². The fourth-order valence-electron chi connectivity index (χ4n) is 2.14. The summed E-state index contributed by atoms with van der Waals surface area (Å²) in [5, 5.41) is 9.71. The Labute approximate surface area is 96.6 Å². The van der Waals surface area contributed by atoms with Crippen molar-refractivity contribution in [1.82, 2.24) is 0 Å². The fraction of sp³-hybridized carbons (Fsp3) is 0.429. The summed E-state index contributed by atoms with van der Waals surface area (Å²) >= 11 is 0. The zero-order valence-corrected chi connectivity index (χ0v) is 9.54. The molecule has 3 unspecified atom stereocenters. The third-order valence-electron chi connectivity index (χ3n) is 3.00. The Balaban J connectivity index is 1.94. The van der Waals surface area contributed by atoms with Crippen LogP contribution in [0.5, 0.6) is 0 Å². The van der Waals surface area contributed by atoms with Gasteiger partial charge in [0.1, 0.15) is 0 Å². The first-order valence-corrected chi connectivity index (χ1v) is 5.78. The summed E-state index contributed by atoms with van der Waals surface area (Å²) < 4.78 is 5.57. The van der Waals surface area contributed by atoms with Gasteiger partial charge in [-0.2, -0.15) is 0 Å². The third kappa shape index (κ3) is 2.52. The number of benzene rings is 1. The van der Waals surface area contributed by atoms with E-state index in [-0.39, 0.29) is 12.2 Å². The molecule has 1 N–H and O–H groups in total. The summed E-state index contributed by atoms with van der Waals surface area (Å²) in [5.74, 6) is 0.439. The van der Waals surface area contributed by atoms with Gasteiger partial charge in [-0.3, -0.25) is 0 Å². The van der Waals surface area contributed by atoms with Crippen molar-refractivity contribution in [3.05, 3.63) is 48.0 Å². The molecule has 1 heterocycles. The maximum Gasteiger partial charge on any atom is 0.0876 e. The van der Waals surface area contributed by atoms with Gasteiger partial charge in [0, 0.05) is 5.92 Å². The first kappa shape index (κ1) is 11.4. The largest absolute Gasteiger partial charge is 0.389 e. The van der Waals surface area contributed by atoms with E-state index in [2.05, 4.69) is 12.1 Å². The average molecular weight is 218 g/mol. The fourth-order valence-corrected chi connectivity index (χ4v) is 2.14. The van der Waals surface area contributed by atoms with E-state index in [0.717, 1.165) is 13.0 Å². The van der Waals surface area contributed by atoms with Gasteiger partial charge in [0.25, 0.3) is 0 Å². The van der Waals surface area contributed by atoms with Crippen LogP contribution in [-0.2, 0) is 4.74 Å². The second-order valence-electron chi connectivity index (χ2n) is 4.25. The molecule has 86 valence electrons. The van der Waals surface area contributed by atoms with Crippen molar-refractivity contribution in [2.45, 2.75) is 25.6 Å². The van der Waals surface area contributed by atoms with Crippen LogP contribution < -0.4 is 0 Å². The van der Waals surface area contributed by atoms with Crippen LogP contribution in [0.25, 0.3) is 0 Å². The number of hydrogen-bond donors (Lipinski definition) is 1. The Hall–Kier alpha value is -1.12. The maximum atomic E-state index is 9.71. The molecule has 0 bridgehead atoms. The van der Waals surface area contributed by atoms with Gasteiger partial charge in [-0.05, 0) is 18.9 Å². The smallest absolute Gasteiger partial charge is 0.0876 e. The molecule has 0 radical (unpaired) electrons. The van der Waals surface area contributed by atoms with Crippen LogP contribution in [0.3, 0.4) is 0 Å². The molecule has 0 saturated carbocycles. The molecule has 1 aromatic rings. The molecule has 0 amide bonds. The highest BCUT2D eigenvalue weighted by Crippen LogP contribution is 2.38. The highest BCUT2D eigenvalue weighted by molar-refractivity contribution is 5.20. The van der Waals surface area contributed by atoms with Crippen LogP contribution in [0.2, 0.25) is 0 Å². The van der Waals surface area contributed by atoms with Crippen molar-refractivity contribution in [1.29, 1.82) is 0 Å². The second-order valence-corrected chi connectivity index (χ2v) is 4.25. The zero-order valence-electron chi connectivity index (χ0n) is 9.54. The Morgan fingerprint density at radius 3 is 2.75 bits per heavy atom. The number of ether oxygens (including phenoxy) is 1. The van der Waals surface area contributed by atoms with Crippen molar-refractivity contribution in [2.24, 2.45) is 5.92 Å². The second kappa shape index (κ2) is 5.28. The van der Waals surface area contributed by atoms with E-state index in [9.17, 15) is 5.11 Å². The quantitative estimate of drug-likeness (QED) is 0.787. The molecule has 1 saturated heterocycles. The Bertz CT molecular complexity index is 345. The van der Waals surface area contributed by atoms with Crippen LogP contribution in [0, 0.1) is 5.92 Å². The van der Waals surface area contributed by atoms with Crippen molar-refractivity contribution in [2.75, 3.05) is 6.61 Å². The number of allylic oxidation sites excluding steroid dienone is 1. The molecule has 1 fully saturated rings. The van der Waals surface area contributed by atoms with Crippen LogP contribution in [-0.4, -0.2) is 17.8 Å². The van der Waals surface area contributed by atoms with Crippen molar-refractivity contribution >= 4 is 0 Å². The van der Waals surface area contributed by atoms with E-state index in [1.807, 2.05) is 37.3 Å². The number of aliphatic hydroxyl groups is 1. The predicted molar refractivity (Wildman–Crippen MR) is 64.1 cm³/mol. The van der Waals surface area contributed by atoms with E-state index in [1.165, 1.54) is 5.56 Å². The topological polar surface area (TPSA) is 29.5 Å². The Kier molecular flexibility index (Phi) is 3.75. The molecule has 16 heavy (non-hydrogen) atoms. The van der Waals surface area contributed by atoms with E-state index in [1.54, 1.807) is 0 Å². The highest BCUT2D eigenvalue weighted by atomic mass is 16.5. The van der Waals surface area contributed by atoms with Gasteiger partial charge < -0.3 is 9.84 Å². The van der Waals surface area contributed by atoms with Crippen LogP contribution in [0.4, 0.5) is 0 Å². The van der Waals surface area contributed by atoms with E-state index < -0.39 is 0 Å². The highest BCUT2D eigenvalue weighted by Gasteiger charge is 2.34. The Morgan fingerprint density at radius 2 is 2.19 bits per heavy atom. The van der Waals surface area contributed by atoms with Crippen molar-refractivity contribution in [3.8, 4) is 0 Å². The van der Waals surface area contributed by atoms with Gasteiger partial charge in [0.15, 0.2) is 0 Å².